The van der Waals surface area contributed by atoms with Gasteiger partial charge in [-0.15, -0.1) is 0 Å². The van der Waals surface area contributed by atoms with E-state index in [2.05, 4.69) is 15.0 Å². The minimum absolute atomic E-state index is 0.123. The lowest BCUT2D eigenvalue weighted by molar-refractivity contribution is 1.14. The monoisotopic (exact) mass is 227 g/mol. The van der Waals surface area contributed by atoms with Crippen molar-refractivity contribution in [2.24, 2.45) is 4.99 Å². The number of rotatable bonds is 2. The molecule has 0 spiro atoms. The van der Waals surface area contributed by atoms with Gasteiger partial charge in [0, 0.05) is 31.3 Å². The normalized spacial score (nSPS) is 10.9. The highest BCUT2D eigenvalue weighted by atomic mass is 16.1. The summed E-state index contributed by atoms with van der Waals surface area (Å²) in [7, 11) is 1.65. The molecule has 2 rings (SSSR count). The third-order valence-corrected chi connectivity index (χ3v) is 2.46. The minimum atomic E-state index is -0.123. The van der Waals surface area contributed by atoms with E-state index in [-0.39, 0.29) is 5.56 Å². The van der Waals surface area contributed by atoms with Crippen LogP contribution in [0, 0.1) is 6.92 Å². The molecule has 2 aromatic heterocycles. The van der Waals surface area contributed by atoms with Gasteiger partial charge >= 0.3 is 0 Å². The van der Waals surface area contributed by atoms with E-state index in [9.17, 15) is 4.79 Å². The van der Waals surface area contributed by atoms with Gasteiger partial charge in [-0.3, -0.25) is 14.8 Å². The molecule has 0 fully saturated rings. The van der Waals surface area contributed by atoms with Gasteiger partial charge in [-0.05, 0) is 36.2 Å². The molecule has 0 bridgehead atoms. The number of H-pyrrole nitrogens is 1. The zero-order valence-corrected chi connectivity index (χ0v) is 9.77. The van der Waals surface area contributed by atoms with Gasteiger partial charge in [0.25, 0.3) is 5.56 Å². The van der Waals surface area contributed by atoms with Crippen molar-refractivity contribution in [1.29, 1.82) is 0 Å². The molecule has 0 radical (unpaired) electrons. The topological polar surface area (TPSA) is 58.1 Å². The maximum absolute atomic E-state index is 11.9. The van der Waals surface area contributed by atoms with Crippen molar-refractivity contribution < 1.29 is 0 Å². The largest absolute Gasteiger partial charge is 0.326 e. The maximum Gasteiger partial charge on any atom is 0.257 e. The standard InChI is InChI=1S/C13H13N3O/c1-9-7-11(10-3-5-15-6-4-10)12(8-14-2)13(17)16-9/h3-8H,1-2H3,(H,16,17). The Kier molecular flexibility index (Phi) is 3.14. The molecule has 0 amide bonds. The van der Waals surface area contributed by atoms with Crippen molar-refractivity contribution >= 4 is 6.21 Å². The van der Waals surface area contributed by atoms with E-state index in [0.717, 1.165) is 16.8 Å². The molecule has 17 heavy (non-hydrogen) atoms. The van der Waals surface area contributed by atoms with E-state index in [4.69, 9.17) is 0 Å². The molecule has 0 unspecified atom stereocenters. The van der Waals surface area contributed by atoms with Crippen LogP contribution in [0.4, 0.5) is 0 Å². The first-order chi connectivity index (χ1) is 8.22. The third kappa shape index (κ3) is 2.30. The van der Waals surface area contributed by atoms with Crippen molar-refractivity contribution in [2.75, 3.05) is 7.05 Å². The van der Waals surface area contributed by atoms with Crippen LogP contribution in [0.2, 0.25) is 0 Å². The lowest BCUT2D eigenvalue weighted by atomic mass is 10.0. The van der Waals surface area contributed by atoms with E-state index >= 15 is 0 Å². The molecule has 0 aliphatic carbocycles. The predicted molar refractivity (Wildman–Crippen MR) is 68.5 cm³/mol. The van der Waals surface area contributed by atoms with Gasteiger partial charge < -0.3 is 4.98 Å². The SMILES string of the molecule is CN=Cc1c(-c2ccncc2)cc(C)[nH]c1=O. The van der Waals surface area contributed by atoms with Gasteiger partial charge in [0.2, 0.25) is 0 Å². The first-order valence-corrected chi connectivity index (χ1v) is 5.29. The number of aromatic nitrogens is 2. The van der Waals surface area contributed by atoms with E-state index in [0.29, 0.717) is 5.56 Å². The fraction of sp³-hybridized carbons (Fsp3) is 0.154. The van der Waals surface area contributed by atoms with Crippen LogP contribution in [0.5, 0.6) is 0 Å². The number of nitrogens with zero attached hydrogens (tertiary/aromatic N) is 2. The van der Waals surface area contributed by atoms with Crippen LogP contribution in [-0.4, -0.2) is 23.2 Å². The smallest absolute Gasteiger partial charge is 0.257 e. The van der Waals surface area contributed by atoms with Crippen molar-refractivity contribution in [1.82, 2.24) is 9.97 Å². The molecule has 0 saturated heterocycles. The first-order valence-electron chi connectivity index (χ1n) is 5.29. The van der Waals surface area contributed by atoms with Crippen molar-refractivity contribution in [2.45, 2.75) is 6.92 Å². The molecular formula is C13H13N3O. The second kappa shape index (κ2) is 4.74. The Bertz CT molecular complexity index is 600. The molecule has 0 aromatic carbocycles. The summed E-state index contributed by atoms with van der Waals surface area (Å²) in [6.07, 6.45) is 4.99. The lowest BCUT2D eigenvalue weighted by Crippen LogP contribution is -2.14. The molecule has 4 nitrogen and oxygen atoms in total. The van der Waals surface area contributed by atoms with Crippen LogP contribution in [0.15, 0.2) is 40.4 Å². The summed E-state index contributed by atoms with van der Waals surface area (Å²) in [5.74, 6) is 0. The average molecular weight is 227 g/mol. The molecule has 0 saturated carbocycles. The van der Waals surface area contributed by atoms with E-state index in [1.807, 2.05) is 25.1 Å². The minimum Gasteiger partial charge on any atom is -0.326 e. The Labute approximate surface area is 99.1 Å². The van der Waals surface area contributed by atoms with Crippen LogP contribution >= 0.6 is 0 Å². The number of hydrogen-bond acceptors (Lipinski definition) is 3. The number of aryl methyl sites for hydroxylation is 1. The summed E-state index contributed by atoms with van der Waals surface area (Å²) in [6, 6.07) is 5.69. The molecule has 1 N–H and O–H groups in total. The van der Waals surface area contributed by atoms with Crippen LogP contribution < -0.4 is 5.56 Å². The predicted octanol–water partition coefficient (Wildman–Crippen LogP) is 1.79. The lowest BCUT2D eigenvalue weighted by Gasteiger charge is -2.06. The average Bonchev–Trinajstić information content (AvgIpc) is 2.33. The second-order valence-electron chi connectivity index (χ2n) is 3.73. The second-order valence-corrected chi connectivity index (χ2v) is 3.73. The van der Waals surface area contributed by atoms with Crippen LogP contribution in [0.3, 0.4) is 0 Å². The van der Waals surface area contributed by atoms with Crippen LogP contribution in [-0.2, 0) is 0 Å². The highest BCUT2D eigenvalue weighted by Crippen LogP contribution is 2.20. The Morgan fingerprint density at radius 3 is 2.71 bits per heavy atom. The number of pyridine rings is 2. The molecule has 0 atom stereocenters. The molecule has 0 aliphatic heterocycles. The summed E-state index contributed by atoms with van der Waals surface area (Å²) in [5, 5.41) is 0. The van der Waals surface area contributed by atoms with Crippen LogP contribution in [0.1, 0.15) is 11.3 Å². The number of aliphatic imine (C=N–C) groups is 1. The van der Waals surface area contributed by atoms with Crippen molar-refractivity contribution in [3.63, 3.8) is 0 Å². The van der Waals surface area contributed by atoms with Gasteiger partial charge in [0.15, 0.2) is 0 Å². The maximum atomic E-state index is 11.9. The molecule has 2 heterocycles. The van der Waals surface area contributed by atoms with E-state index in [1.54, 1.807) is 25.7 Å². The Balaban J connectivity index is 2.72. The van der Waals surface area contributed by atoms with E-state index in [1.165, 1.54) is 0 Å². The zero-order valence-electron chi connectivity index (χ0n) is 9.77. The number of nitrogens with one attached hydrogen (secondary N) is 1. The molecule has 86 valence electrons. The van der Waals surface area contributed by atoms with Gasteiger partial charge in [0.05, 0.1) is 5.56 Å². The van der Waals surface area contributed by atoms with Crippen molar-refractivity contribution in [3.05, 3.63) is 52.2 Å². The summed E-state index contributed by atoms with van der Waals surface area (Å²) >= 11 is 0. The number of hydrogen-bond donors (Lipinski definition) is 1. The van der Waals surface area contributed by atoms with Gasteiger partial charge in [0.1, 0.15) is 0 Å². The fourth-order valence-corrected chi connectivity index (χ4v) is 1.73. The van der Waals surface area contributed by atoms with Gasteiger partial charge in [-0.25, -0.2) is 0 Å². The number of aromatic amines is 1. The quantitative estimate of drug-likeness (QED) is 0.795. The summed E-state index contributed by atoms with van der Waals surface area (Å²) < 4.78 is 0. The molecule has 0 aliphatic rings. The first kappa shape index (κ1) is 11.3. The fourth-order valence-electron chi connectivity index (χ4n) is 1.73. The Morgan fingerprint density at radius 1 is 1.35 bits per heavy atom. The van der Waals surface area contributed by atoms with Gasteiger partial charge in [-0.1, -0.05) is 0 Å². The van der Waals surface area contributed by atoms with Crippen molar-refractivity contribution in [3.8, 4) is 11.1 Å². The third-order valence-electron chi connectivity index (χ3n) is 2.46. The van der Waals surface area contributed by atoms with E-state index < -0.39 is 0 Å². The molecule has 2 aromatic rings. The molecule has 4 heteroatoms. The van der Waals surface area contributed by atoms with Gasteiger partial charge in [-0.2, -0.15) is 0 Å². The van der Waals surface area contributed by atoms with Crippen LogP contribution in [0.25, 0.3) is 11.1 Å². The summed E-state index contributed by atoms with van der Waals surface area (Å²) in [4.78, 5) is 22.5. The molecular weight excluding hydrogens is 214 g/mol. The Hall–Kier alpha value is -2.23. The highest BCUT2D eigenvalue weighted by molar-refractivity contribution is 5.89. The highest BCUT2D eigenvalue weighted by Gasteiger charge is 2.08. The Morgan fingerprint density at radius 2 is 2.06 bits per heavy atom. The zero-order chi connectivity index (χ0) is 12.3. The summed E-state index contributed by atoms with van der Waals surface area (Å²) in [5.41, 5.74) is 3.12. The summed E-state index contributed by atoms with van der Waals surface area (Å²) in [6.45, 7) is 1.86.